The summed E-state index contributed by atoms with van der Waals surface area (Å²) in [5.74, 6) is 2.47. The number of rotatable bonds is 4. The van der Waals surface area contributed by atoms with Crippen molar-refractivity contribution >= 4 is 17.4 Å². The Hall–Kier alpha value is -4.32. The number of para-hydroxylation sites is 2. The van der Waals surface area contributed by atoms with Gasteiger partial charge in [0.2, 0.25) is 0 Å². The summed E-state index contributed by atoms with van der Waals surface area (Å²) in [4.78, 5) is 16.5. The number of carbonyl (C=O) groups excluding carboxylic acids is 1. The molecule has 152 valence electrons. The van der Waals surface area contributed by atoms with Gasteiger partial charge in [-0.15, -0.1) is 0 Å². The van der Waals surface area contributed by atoms with Gasteiger partial charge in [-0.1, -0.05) is 24.3 Å². The molecule has 2 heterocycles. The fraction of sp³-hybridized carbons (Fsp3) is 0.0400. The first-order valence-corrected chi connectivity index (χ1v) is 9.87. The lowest BCUT2D eigenvalue weighted by atomic mass is 10.1. The molecule has 0 fully saturated rings. The lowest BCUT2D eigenvalue weighted by molar-refractivity contribution is 0.262. The molecule has 31 heavy (non-hydrogen) atoms. The van der Waals surface area contributed by atoms with Gasteiger partial charge in [0.1, 0.15) is 0 Å². The molecule has 5 rings (SSSR count). The number of aromatic nitrogens is 1. The summed E-state index contributed by atoms with van der Waals surface area (Å²) in [7, 11) is 0. The van der Waals surface area contributed by atoms with Crippen LogP contribution >= 0.6 is 0 Å². The zero-order chi connectivity index (χ0) is 21.0. The summed E-state index contributed by atoms with van der Waals surface area (Å²) >= 11 is 0. The summed E-state index contributed by atoms with van der Waals surface area (Å²) in [5, 5.41) is 5.67. The zero-order valence-corrected chi connectivity index (χ0v) is 16.5. The summed E-state index contributed by atoms with van der Waals surface area (Å²) in [6.45, 7) is 0. The molecule has 1 aromatic heterocycles. The van der Waals surface area contributed by atoms with Gasteiger partial charge < -0.3 is 20.1 Å². The molecule has 6 nitrogen and oxygen atoms in total. The molecule has 3 aromatic carbocycles. The smallest absolute Gasteiger partial charge is 0.323 e. The van der Waals surface area contributed by atoms with Crippen LogP contribution < -0.4 is 20.1 Å². The van der Waals surface area contributed by atoms with Gasteiger partial charge in [-0.25, -0.2) is 4.79 Å². The molecular weight excluding hydrogens is 390 g/mol. The highest BCUT2D eigenvalue weighted by Crippen LogP contribution is 2.45. The van der Waals surface area contributed by atoms with Crippen molar-refractivity contribution in [2.24, 2.45) is 0 Å². The van der Waals surface area contributed by atoms with E-state index in [0.717, 1.165) is 12.0 Å². The quantitative estimate of drug-likeness (QED) is 0.370. The van der Waals surface area contributed by atoms with E-state index in [1.807, 2.05) is 60.7 Å². The number of carbonyl (C=O) groups is 1. The molecule has 0 atom stereocenters. The second-order valence-electron chi connectivity index (χ2n) is 7.12. The van der Waals surface area contributed by atoms with E-state index in [9.17, 15) is 4.79 Å². The topological polar surface area (TPSA) is 72.5 Å². The number of hydrogen-bond donors (Lipinski definition) is 2. The fourth-order valence-corrected chi connectivity index (χ4v) is 3.34. The van der Waals surface area contributed by atoms with Crippen molar-refractivity contribution in [1.82, 2.24) is 4.98 Å². The van der Waals surface area contributed by atoms with Crippen molar-refractivity contribution in [3.05, 3.63) is 102 Å². The van der Waals surface area contributed by atoms with Crippen LogP contribution in [0.5, 0.6) is 23.0 Å². The largest absolute Gasteiger partial charge is 0.450 e. The number of amides is 2. The van der Waals surface area contributed by atoms with Gasteiger partial charge in [0.15, 0.2) is 23.0 Å². The maximum absolute atomic E-state index is 12.4. The summed E-state index contributed by atoms with van der Waals surface area (Å²) in [5.41, 5.74) is 3.66. The van der Waals surface area contributed by atoms with Crippen LogP contribution in [0.4, 0.5) is 16.2 Å². The monoisotopic (exact) mass is 409 g/mol. The Morgan fingerprint density at radius 1 is 0.677 bits per heavy atom. The minimum Gasteiger partial charge on any atom is -0.450 e. The molecule has 6 heteroatoms. The van der Waals surface area contributed by atoms with Crippen LogP contribution in [0.25, 0.3) is 0 Å². The van der Waals surface area contributed by atoms with Crippen LogP contribution in [0.3, 0.4) is 0 Å². The molecule has 0 radical (unpaired) electrons. The number of nitrogens with one attached hydrogen (secondary N) is 2. The van der Waals surface area contributed by atoms with Crippen LogP contribution in [0.1, 0.15) is 11.1 Å². The first-order valence-electron chi connectivity index (χ1n) is 9.87. The lowest BCUT2D eigenvalue weighted by Crippen LogP contribution is -2.19. The highest BCUT2D eigenvalue weighted by Gasteiger charge is 2.18. The maximum Gasteiger partial charge on any atom is 0.323 e. The summed E-state index contributed by atoms with van der Waals surface area (Å²) < 4.78 is 11.7. The second kappa shape index (κ2) is 8.20. The van der Waals surface area contributed by atoms with E-state index >= 15 is 0 Å². The van der Waals surface area contributed by atoms with Crippen molar-refractivity contribution in [1.29, 1.82) is 0 Å². The molecule has 0 saturated heterocycles. The van der Waals surface area contributed by atoms with E-state index in [2.05, 4.69) is 15.6 Å². The van der Waals surface area contributed by atoms with Gasteiger partial charge >= 0.3 is 6.03 Å². The van der Waals surface area contributed by atoms with E-state index in [0.29, 0.717) is 34.4 Å². The maximum atomic E-state index is 12.4. The molecule has 0 aliphatic carbocycles. The Balaban J connectivity index is 1.21. The lowest BCUT2D eigenvalue weighted by Gasteiger charge is -2.21. The predicted octanol–water partition coefficient (Wildman–Crippen LogP) is 6.21. The van der Waals surface area contributed by atoms with E-state index in [1.54, 1.807) is 30.6 Å². The van der Waals surface area contributed by atoms with Gasteiger partial charge in [-0.2, -0.15) is 0 Å². The fourth-order valence-electron chi connectivity index (χ4n) is 3.34. The van der Waals surface area contributed by atoms with Gasteiger partial charge in [-0.3, -0.25) is 4.98 Å². The molecule has 4 aromatic rings. The molecule has 0 unspecified atom stereocenters. The summed E-state index contributed by atoms with van der Waals surface area (Å²) in [6.07, 6.45) is 4.38. The normalized spacial score (nSPS) is 11.4. The first-order chi connectivity index (χ1) is 15.2. The van der Waals surface area contributed by atoms with Crippen molar-refractivity contribution < 1.29 is 14.3 Å². The predicted molar refractivity (Wildman–Crippen MR) is 119 cm³/mol. The van der Waals surface area contributed by atoms with Crippen molar-refractivity contribution in [3.63, 3.8) is 0 Å². The van der Waals surface area contributed by atoms with E-state index in [4.69, 9.17) is 9.47 Å². The Morgan fingerprint density at radius 3 is 2.00 bits per heavy atom. The van der Waals surface area contributed by atoms with E-state index < -0.39 is 0 Å². The third-order valence-electron chi connectivity index (χ3n) is 4.86. The Morgan fingerprint density at radius 2 is 1.26 bits per heavy atom. The van der Waals surface area contributed by atoms with Crippen LogP contribution in [0.15, 0.2) is 91.3 Å². The zero-order valence-electron chi connectivity index (χ0n) is 16.5. The van der Waals surface area contributed by atoms with Crippen molar-refractivity contribution in [3.8, 4) is 23.0 Å². The Labute approximate surface area is 179 Å². The highest BCUT2D eigenvalue weighted by molar-refractivity contribution is 6.00. The SMILES string of the molecule is O=C(Nc1ccc(Cc2ccncc2)cc1)Nc1ccc2c(c1)Oc1ccccc1O2. The van der Waals surface area contributed by atoms with E-state index in [-0.39, 0.29) is 6.03 Å². The molecule has 1 aliphatic rings. The summed E-state index contributed by atoms with van der Waals surface area (Å²) in [6, 6.07) is 24.2. The van der Waals surface area contributed by atoms with Gasteiger partial charge in [-0.05, 0) is 66.1 Å². The average Bonchev–Trinajstić information content (AvgIpc) is 2.79. The van der Waals surface area contributed by atoms with Gasteiger partial charge in [0.25, 0.3) is 0 Å². The Bertz CT molecular complexity index is 1220. The number of pyridine rings is 1. The Kier molecular flexibility index (Phi) is 4.94. The number of benzene rings is 3. The standard InChI is InChI=1S/C25H19N3O3/c29-25(27-19-7-5-17(6-8-19)15-18-11-13-26-14-12-18)28-20-9-10-23-24(16-20)31-22-4-2-1-3-21(22)30-23/h1-14,16H,15H2,(H2,27,28,29). The third-order valence-corrected chi connectivity index (χ3v) is 4.86. The number of hydrogen-bond acceptors (Lipinski definition) is 4. The van der Waals surface area contributed by atoms with Crippen LogP contribution in [-0.4, -0.2) is 11.0 Å². The number of anilines is 2. The van der Waals surface area contributed by atoms with Gasteiger partial charge in [0.05, 0.1) is 0 Å². The third kappa shape index (κ3) is 4.33. The molecule has 2 amide bonds. The minimum atomic E-state index is -0.334. The molecule has 0 saturated carbocycles. The highest BCUT2D eigenvalue weighted by atomic mass is 16.6. The first kappa shape index (κ1) is 18.7. The molecule has 0 spiro atoms. The number of fused-ring (bicyclic) bond motifs is 2. The van der Waals surface area contributed by atoms with Crippen LogP contribution in [0.2, 0.25) is 0 Å². The van der Waals surface area contributed by atoms with Crippen molar-refractivity contribution in [2.45, 2.75) is 6.42 Å². The molecular formula is C25H19N3O3. The van der Waals surface area contributed by atoms with Crippen molar-refractivity contribution in [2.75, 3.05) is 10.6 Å². The van der Waals surface area contributed by atoms with E-state index in [1.165, 1.54) is 5.56 Å². The van der Waals surface area contributed by atoms with Crippen LogP contribution in [0, 0.1) is 0 Å². The van der Waals surface area contributed by atoms with Gasteiger partial charge in [0, 0.05) is 29.8 Å². The number of ether oxygens (including phenoxy) is 2. The number of urea groups is 1. The minimum absolute atomic E-state index is 0.334. The molecule has 2 N–H and O–H groups in total. The average molecular weight is 409 g/mol. The number of nitrogens with zero attached hydrogens (tertiary/aromatic N) is 1. The second-order valence-corrected chi connectivity index (χ2v) is 7.12. The molecule has 1 aliphatic heterocycles. The molecule has 0 bridgehead atoms. The van der Waals surface area contributed by atoms with Crippen LogP contribution in [-0.2, 0) is 6.42 Å².